The van der Waals surface area contributed by atoms with Gasteiger partial charge in [-0.05, 0) is 12.5 Å². The van der Waals surface area contributed by atoms with Crippen molar-refractivity contribution < 1.29 is 4.79 Å². The maximum atomic E-state index is 11.1. The first-order chi connectivity index (χ1) is 6.83. The van der Waals surface area contributed by atoms with Crippen LogP contribution in [0.1, 0.15) is 12.8 Å². The fourth-order valence-electron chi connectivity index (χ4n) is 2.08. The molecule has 0 saturated carbocycles. The number of aliphatic imine (C=N–C) groups is 1. The van der Waals surface area contributed by atoms with Crippen molar-refractivity contribution in [2.45, 2.75) is 24.9 Å². The van der Waals surface area contributed by atoms with E-state index in [9.17, 15) is 4.79 Å². The standard InChI is InChI=1S/C10H11N3O/c14-9-5-8-10(13-9)12-7-4-2-1-3-6(7)11-8/h1-2,4,6,8,11H,3,5H2,(H,12,13,14)/t6-,8+/m0/s1. The van der Waals surface area contributed by atoms with Gasteiger partial charge in [0.25, 0.3) is 0 Å². The van der Waals surface area contributed by atoms with Crippen LogP contribution < -0.4 is 10.6 Å². The number of amides is 1. The van der Waals surface area contributed by atoms with Gasteiger partial charge in [0, 0.05) is 6.42 Å². The molecule has 3 aliphatic rings. The predicted octanol–water partition coefficient (Wildman–Crippen LogP) is 0.0890. The average Bonchev–Trinajstić information content (AvgIpc) is 2.53. The zero-order valence-corrected chi connectivity index (χ0v) is 7.66. The summed E-state index contributed by atoms with van der Waals surface area (Å²) in [6, 6.07) is 0.401. The molecule has 3 rings (SSSR count). The summed E-state index contributed by atoms with van der Waals surface area (Å²) in [4.78, 5) is 15.6. The van der Waals surface area contributed by atoms with Gasteiger partial charge >= 0.3 is 0 Å². The minimum Gasteiger partial charge on any atom is -0.313 e. The Bertz CT molecular complexity index is 381. The first-order valence-corrected chi connectivity index (χ1v) is 4.84. The van der Waals surface area contributed by atoms with E-state index in [0.29, 0.717) is 12.5 Å². The Morgan fingerprint density at radius 3 is 3.29 bits per heavy atom. The van der Waals surface area contributed by atoms with Crippen molar-refractivity contribution in [2.24, 2.45) is 4.99 Å². The van der Waals surface area contributed by atoms with Gasteiger partial charge in [0.05, 0.1) is 17.8 Å². The van der Waals surface area contributed by atoms with Gasteiger partial charge in [0.15, 0.2) is 0 Å². The van der Waals surface area contributed by atoms with E-state index in [1.807, 2.05) is 12.2 Å². The second kappa shape index (κ2) is 2.78. The van der Waals surface area contributed by atoms with Crippen molar-refractivity contribution in [3.05, 3.63) is 23.9 Å². The van der Waals surface area contributed by atoms with Crippen LogP contribution in [0.4, 0.5) is 0 Å². The Morgan fingerprint density at radius 1 is 1.43 bits per heavy atom. The molecule has 0 aromatic carbocycles. The second-order valence-electron chi connectivity index (χ2n) is 3.78. The van der Waals surface area contributed by atoms with E-state index in [2.05, 4.69) is 21.7 Å². The van der Waals surface area contributed by atoms with Crippen LogP contribution in [0.3, 0.4) is 0 Å². The molecule has 0 aromatic heterocycles. The van der Waals surface area contributed by atoms with Crippen LogP contribution in [-0.2, 0) is 4.79 Å². The van der Waals surface area contributed by atoms with Crippen LogP contribution >= 0.6 is 0 Å². The lowest BCUT2D eigenvalue weighted by molar-refractivity contribution is -0.118. The van der Waals surface area contributed by atoms with Crippen molar-refractivity contribution in [1.82, 2.24) is 10.6 Å². The van der Waals surface area contributed by atoms with E-state index >= 15 is 0 Å². The van der Waals surface area contributed by atoms with Crippen molar-refractivity contribution in [1.29, 1.82) is 0 Å². The van der Waals surface area contributed by atoms with Crippen LogP contribution in [0.25, 0.3) is 0 Å². The van der Waals surface area contributed by atoms with Gasteiger partial charge in [0.1, 0.15) is 5.84 Å². The number of amidine groups is 1. The summed E-state index contributed by atoms with van der Waals surface area (Å²) in [6.07, 6.45) is 7.61. The predicted molar refractivity (Wildman–Crippen MR) is 52.7 cm³/mol. The molecule has 1 fully saturated rings. The van der Waals surface area contributed by atoms with Crippen LogP contribution in [0.2, 0.25) is 0 Å². The zero-order valence-electron chi connectivity index (χ0n) is 7.66. The third-order valence-electron chi connectivity index (χ3n) is 2.77. The molecule has 0 radical (unpaired) electrons. The van der Waals surface area contributed by atoms with E-state index in [4.69, 9.17) is 0 Å². The summed E-state index contributed by atoms with van der Waals surface area (Å²) >= 11 is 0. The number of allylic oxidation sites excluding steroid dienone is 2. The van der Waals surface area contributed by atoms with Crippen molar-refractivity contribution in [2.75, 3.05) is 0 Å². The van der Waals surface area contributed by atoms with Gasteiger partial charge in [-0.2, -0.15) is 0 Å². The van der Waals surface area contributed by atoms with E-state index in [1.54, 1.807) is 0 Å². The largest absolute Gasteiger partial charge is 0.313 e. The maximum absolute atomic E-state index is 11.1. The quantitative estimate of drug-likeness (QED) is 0.567. The van der Waals surface area contributed by atoms with Crippen molar-refractivity contribution in [3.8, 4) is 0 Å². The molecule has 4 heteroatoms. The van der Waals surface area contributed by atoms with Crippen LogP contribution in [-0.4, -0.2) is 23.8 Å². The number of carbonyl (C=O) groups is 1. The first kappa shape index (κ1) is 7.94. The number of nitrogens with zero attached hydrogens (tertiary/aromatic N) is 1. The Hall–Kier alpha value is -1.42. The fraction of sp³-hybridized carbons (Fsp3) is 0.400. The maximum Gasteiger partial charge on any atom is 0.227 e. The van der Waals surface area contributed by atoms with Crippen LogP contribution in [0.15, 0.2) is 28.9 Å². The highest BCUT2D eigenvalue weighted by atomic mass is 16.2. The fourth-order valence-corrected chi connectivity index (χ4v) is 2.08. The topological polar surface area (TPSA) is 53.5 Å². The van der Waals surface area contributed by atoms with Crippen molar-refractivity contribution in [3.63, 3.8) is 0 Å². The molecular weight excluding hydrogens is 178 g/mol. The average molecular weight is 189 g/mol. The lowest BCUT2D eigenvalue weighted by Gasteiger charge is -2.28. The Labute approximate surface area is 81.8 Å². The van der Waals surface area contributed by atoms with E-state index in [1.165, 1.54) is 0 Å². The van der Waals surface area contributed by atoms with E-state index in [0.717, 1.165) is 18.0 Å². The molecule has 0 unspecified atom stereocenters. The number of rotatable bonds is 0. The molecule has 2 atom stereocenters. The second-order valence-corrected chi connectivity index (χ2v) is 3.78. The van der Waals surface area contributed by atoms with E-state index in [-0.39, 0.29) is 11.9 Å². The first-order valence-electron chi connectivity index (χ1n) is 4.84. The monoisotopic (exact) mass is 189 g/mol. The Kier molecular flexibility index (Phi) is 1.58. The molecule has 14 heavy (non-hydrogen) atoms. The minimum absolute atomic E-state index is 0.0634. The number of carbonyl (C=O) groups excluding carboxylic acids is 1. The van der Waals surface area contributed by atoms with Gasteiger partial charge in [-0.15, -0.1) is 0 Å². The van der Waals surface area contributed by atoms with Gasteiger partial charge in [0.2, 0.25) is 5.91 Å². The highest BCUT2D eigenvalue weighted by molar-refractivity contribution is 6.09. The normalized spacial score (nSPS) is 34.1. The lowest BCUT2D eigenvalue weighted by atomic mass is 10.0. The molecule has 72 valence electrons. The summed E-state index contributed by atoms with van der Waals surface area (Å²) in [5.41, 5.74) is 1.03. The van der Waals surface area contributed by atoms with Gasteiger partial charge < -0.3 is 5.32 Å². The number of nitrogens with one attached hydrogen (secondary N) is 2. The molecule has 1 saturated heterocycles. The third-order valence-corrected chi connectivity index (χ3v) is 2.77. The molecule has 1 aliphatic carbocycles. The molecule has 0 aromatic rings. The van der Waals surface area contributed by atoms with Gasteiger partial charge in [-0.25, -0.2) is 4.99 Å². The van der Waals surface area contributed by atoms with Gasteiger partial charge in [-0.3, -0.25) is 10.1 Å². The molecular formula is C10H11N3O. The summed E-state index contributed by atoms with van der Waals surface area (Å²) in [5.74, 6) is 0.848. The Morgan fingerprint density at radius 2 is 2.36 bits per heavy atom. The zero-order chi connectivity index (χ0) is 9.54. The summed E-state index contributed by atoms with van der Waals surface area (Å²) in [5, 5.41) is 6.19. The summed E-state index contributed by atoms with van der Waals surface area (Å²) in [6.45, 7) is 0. The molecule has 2 N–H and O–H groups in total. The summed E-state index contributed by atoms with van der Waals surface area (Å²) in [7, 11) is 0. The summed E-state index contributed by atoms with van der Waals surface area (Å²) < 4.78 is 0. The van der Waals surface area contributed by atoms with Crippen LogP contribution in [0, 0.1) is 0 Å². The highest BCUT2D eigenvalue weighted by Crippen LogP contribution is 2.22. The third kappa shape index (κ3) is 1.11. The molecule has 2 heterocycles. The molecule has 0 spiro atoms. The molecule has 1 amide bonds. The molecule has 0 bridgehead atoms. The Balaban J connectivity index is 1.97. The van der Waals surface area contributed by atoms with E-state index < -0.39 is 0 Å². The highest BCUT2D eigenvalue weighted by Gasteiger charge is 2.35. The van der Waals surface area contributed by atoms with Gasteiger partial charge in [-0.1, -0.05) is 12.2 Å². The number of fused-ring (bicyclic) bond motifs is 2. The van der Waals surface area contributed by atoms with Crippen molar-refractivity contribution >= 4 is 11.7 Å². The minimum atomic E-state index is 0.0634. The molecule has 4 nitrogen and oxygen atoms in total. The molecule has 2 aliphatic heterocycles. The van der Waals surface area contributed by atoms with Crippen LogP contribution in [0.5, 0.6) is 0 Å². The number of hydrogen-bond donors (Lipinski definition) is 2. The lowest BCUT2D eigenvalue weighted by Crippen LogP contribution is -2.47. The SMILES string of the molecule is O=C1C[C@H]2N[C@H]3CC=CC=C3N=C2N1. The number of hydrogen-bond acceptors (Lipinski definition) is 3. The smallest absolute Gasteiger partial charge is 0.227 e.